The van der Waals surface area contributed by atoms with E-state index in [9.17, 15) is 9.59 Å². The van der Waals surface area contributed by atoms with E-state index < -0.39 is 11.6 Å². The van der Waals surface area contributed by atoms with Crippen molar-refractivity contribution < 1.29 is 9.59 Å². The van der Waals surface area contributed by atoms with Crippen LogP contribution in [0.4, 0.5) is 5.69 Å². The van der Waals surface area contributed by atoms with Crippen LogP contribution in [0, 0.1) is 13.8 Å². The van der Waals surface area contributed by atoms with Gasteiger partial charge in [0, 0.05) is 21.5 Å². The first kappa shape index (κ1) is 22.1. The molecule has 0 unspecified atom stereocenters. The maximum atomic E-state index is 13.6. The Morgan fingerprint density at radius 1 is 1.17 bits per heavy atom. The maximum Gasteiger partial charge on any atom is 0.280 e. The first-order chi connectivity index (χ1) is 14.2. The smallest absolute Gasteiger partial charge is 0.280 e. The Kier molecular flexibility index (Phi) is 6.67. The Morgan fingerprint density at radius 2 is 1.87 bits per heavy atom. The van der Waals surface area contributed by atoms with E-state index in [1.165, 1.54) is 16.2 Å². The lowest BCUT2D eigenvalue weighted by molar-refractivity contribution is -0.124. The minimum atomic E-state index is -0.812. The molecule has 0 aliphatic heterocycles. The summed E-state index contributed by atoms with van der Waals surface area (Å²) in [6, 6.07) is 8.74. The zero-order valence-corrected chi connectivity index (χ0v) is 19.4. The summed E-state index contributed by atoms with van der Waals surface area (Å²) in [5.74, 6) is -0.570. The summed E-state index contributed by atoms with van der Waals surface area (Å²) in [5.41, 5.74) is 2.51. The van der Waals surface area contributed by atoms with E-state index in [-0.39, 0.29) is 17.5 Å². The van der Waals surface area contributed by atoms with Crippen LogP contribution in [0.5, 0.6) is 0 Å². The SMILES string of the molecule is CCC(C)(C)NC(=O)[C@H](c1sccc1C)N(C(=O)c1csnn1)c1ccc(C)cc1. The number of hydrogen-bond donors (Lipinski definition) is 1. The zero-order valence-electron chi connectivity index (χ0n) is 17.8. The van der Waals surface area contributed by atoms with Crippen LogP contribution in [0.2, 0.25) is 0 Å². The molecule has 6 nitrogen and oxygen atoms in total. The van der Waals surface area contributed by atoms with Gasteiger partial charge in [-0.15, -0.1) is 16.4 Å². The minimum absolute atomic E-state index is 0.218. The normalized spacial score (nSPS) is 12.4. The summed E-state index contributed by atoms with van der Waals surface area (Å²) in [5, 5.41) is 10.6. The molecule has 1 aromatic carbocycles. The fourth-order valence-corrected chi connectivity index (χ4v) is 4.42. The molecule has 0 radical (unpaired) electrons. The average molecular weight is 443 g/mol. The van der Waals surface area contributed by atoms with Crippen LogP contribution in [0.3, 0.4) is 0 Å². The standard InChI is InChI=1S/C22H26N4O2S2/c1-6-22(4,5)23-20(27)18(19-15(3)11-12-29-19)26(16-9-7-14(2)8-10-16)21(28)17-13-30-25-24-17/h7-13,18H,6H2,1-5H3,(H,23,27)/t18-/m0/s1. The zero-order chi connectivity index (χ0) is 21.9. The van der Waals surface area contributed by atoms with Crippen LogP contribution in [0.1, 0.15) is 59.7 Å². The molecule has 30 heavy (non-hydrogen) atoms. The van der Waals surface area contributed by atoms with Gasteiger partial charge in [0.25, 0.3) is 5.91 Å². The Morgan fingerprint density at radius 3 is 2.40 bits per heavy atom. The van der Waals surface area contributed by atoms with Gasteiger partial charge in [-0.2, -0.15) is 0 Å². The van der Waals surface area contributed by atoms with Gasteiger partial charge in [-0.3, -0.25) is 14.5 Å². The number of aryl methyl sites for hydroxylation is 2. The van der Waals surface area contributed by atoms with Crippen LogP contribution in [0.15, 0.2) is 41.1 Å². The molecular weight excluding hydrogens is 416 g/mol. The number of aromatic nitrogens is 2. The van der Waals surface area contributed by atoms with E-state index in [2.05, 4.69) is 14.9 Å². The number of nitrogens with zero attached hydrogens (tertiary/aromatic N) is 3. The lowest BCUT2D eigenvalue weighted by Gasteiger charge is -2.34. The maximum absolute atomic E-state index is 13.6. The van der Waals surface area contributed by atoms with E-state index in [1.54, 1.807) is 5.38 Å². The highest BCUT2D eigenvalue weighted by Crippen LogP contribution is 2.35. The van der Waals surface area contributed by atoms with Crippen molar-refractivity contribution in [3.8, 4) is 0 Å². The Bertz CT molecular complexity index is 1010. The number of benzene rings is 1. The number of amides is 2. The topological polar surface area (TPSA) is 75.2 Å². The van der Waals surface area contributed by atoms with Crippen molar-refractivity contribution in [3.05, 3.63) is 62.8 Å². The molecule has 2 aromatic heterocycles. The van der Waals surface area contributed by atoms with Crippen LogP contribution < -0.4 is 10.2 Å². The molecule has 0 fully saturated rings. The number of nitrogens with one attached hydrogen (secondary N) is 1. The molecule has 1 N–H and O–H groups in total. The second-order valence-electron chi connectivity index (χ2n) is 7.90. The summed E-state index contributed by atoms with van der Waals surface area (Å²) in [7, 11) is 0. The number of thiophene rings is 1. The highest BCUT2D eigenvalue weighted by molar-refractivity contribution is 7.10. The Labute approximate surface area is 185 Å². The van der Waals surface area contributed by atoms with Gasteiger partial charge in [-0.05, 0) is 74.8 Å². The molecule has 8 heteroatoms. The Balaban J connectivity index is 2.15. The van der Waals surface area contributed by atoms with Crippen molar-refractivity contribution in [3.63, 3.8) is 0 Å². The third-order valence-electron chi connectivity index (χ3n) is 5.11. The highest BCUT2D eigenvalue weighted by Gasteiger charge is 2.37. The summed E-state index contributed by atoms with van der Waals surface area (Å²) in [6.07, 6.45) is 0.767. The molecule has 2 amide bonds. The van der Waals surface area contributed by atoms with Crippen LogP contribution >= 0.6 is 22.9 Å². The van der Waals surface area contributed by atoms with Crippen LogP contribution in [-0.4, -0.2) is 26.9 Å². The first-order valence-corrected chi connectivity index (χ1v) is 11.5. The van der Waals surface area contributed by atoms with Gasteiger partial charge >= 0.3 is 0 Å². The number of carbonyl (C=O) groups excluding carboxylic acids is 2. The van der Waals surface area contributed by atoms with E-state index >= 15 is 0 Å². The number of anilines is 1. The molecule has 1 atom stereocenters. The fourth-order valence-electron chi connectivity index (χ4n) is 2.98. The van der Waals surface area contributed by atoms with Crippen LogP contribution in [0.25, 0.3) is 0 Å². The van der Waals surface area contributed by atoms with E-state index in [1.807, 2.05) is 70.3 Å². The van der Waals surface area contributed by atoms with Crippen molar-refractivity contribution in [2.24, 2.45) is 0 Å². The number of rotatable bonds is 7. The van der Waals surface area contributed by atoms with Gasteiger partial charge in [0.2, 0.25) is 5.91 Å². The Hall–Kier alpha value is -2.58. The van der Waals surface area contributed by atoms with Gasteiger partial charge in [-0.1, -0.05) is 29.1 Å². The molecule has 2 heterocycles. The molecule has 0 spiro atoms. The van der Waals surface area contributed by atoms with Crippen molar-refractivity contribution in [2.75, 3.05) is 4.90 Å². The highest BCUT2D eigenvalue weighted by atomic mass is 32.1. The molecule has 0 bridgehead atoms. The van der Waals surface area contributed by atoms with Crippen LogP contribution in [-0.2, 0) is 4.79 Å². The predicted molar refractivity (Wildman–Crippen MR) is 122 cm³/mol. The third-order valence-corrected chi connectivity index (χ3v) is 6.69. The van der Waals surface area contributed by atoms with Crippen molar-refractivity contribution >= 4 is 40.4 Å². The van der Waals surface area contributed by atoms with Gasteiger partial charge < -0.3 is 5.32 Å². The number of carbonyl (C=O) groups is 2. The molecular formula is C22H26N4O2S2. The quantitative estimate of drug-likeness (QED) is 0.564. The largest absolute Gasteiger partial charge is 0.349 e. The van der Waals surface area contributed by atoms with E-state index in [0.29, 0.717) is 5.69 Å². The summed E-state index contributed by atoms with van der Waals surface area (Å²) in [4.78, 5) is 29.5. The second-order valence-corrected chi connectivity index (χ2v) is 9.46. The third kappa shape index (κ3) is 4.76. The van der Waals surface area contributed by atoms with Gasteiger partial charge in [-0.25, -0.2) is 0 Å². The van der Waals surface area contributed by atoms with Gasteiger partial charge in [0.1, 0.15) is 0 Å². The molecule has 0 aliphatic rings. The molecule has 3 rings (SSSR count). The fraction of sp³-hybridized carbons (Fsp3) is 0.364. The first-order valence-electron chi connectivity index (χ1n) is 9.77. The summed E-state index contributed by atoms with van der Waals surface area (Å²) in [6.45, 7) is 9.92. The van der Waals surface area contributed by atoms with E-state index in [4.69, 9.17) is 0 Å². The monoisotopic (exact) mass is 442 g/mol. The lowest BCUT2D eigenvalue weighted by Crippen LogP contribution is -2.50. The second kappa shape index (κ2) is 9.06. The molecule has 0 saturated carbocycles. The van der Waals surface area contributed by atoms with Crippen molar-refractivity contribution in [1.29, 1.82) is 0 Å². The molecule has 0 saturated heterocycles. The minimum Gasteiger partial charge on any atom is -0.349 e. The van der Waals surface area contributed by atoms with Crippen molar-refractivity contribution in [1.82, 2.24) is 14.9 Å². The summed E-state index contributed by atoms with van der Waals surface area (Å²) >= 11 is 2.58. The predicted octanol–water partition coefficient (Wildman–Crippen LogP) is 4.91. The summed E-state index contributed by atoms with van der Waals surface area (Å²) < 4.78 is 3.84. The molecule has 0 aliphatic carbocycles. The average Bonchev–Trinajstić information content (AvgIpc) is 3.38. The molecule has 158 valence electrons. The van der Waals surface area contributed by atoms with Gasteiger partial charge in [0.15, 0.2) is 11.7 Å². The van der Waals surface area contributed by atoms with Gasteiger partial charge in [0.05, 0.1) is 0 Å². The lowest BCUT2D eigenvalue weighted by atomic mass is 10.00. The van der Waals surface area contributed by atoms with E-state index in [0.717, 1.165) is 34.0 Å². The number of hydrogen-bond acceptors (Lipinski definition) is 6. The molecule has 3 aromatic rings. The van der Waals surface area contributed by atoms with Crippen molar-refractivity contribution in [2.45, 2.75) is 52.6 Å².